The number of rotatable bonds is 3. The second-order valence-corrected chi connectivity index (χ2v) is 6.26. The van der Waals surface area contributed by atoms with Crippen molar-refractivity contribution in [3.05, 3.63) is 39.7 Å². The van der Waals surface area contributed by atoms with E-state index in [1.165, 1.54) is 16.7 Å². The first-order valence-corrected chi connectivity index (χ1v) is 6.96. The van der Waals surface area contributed by atoms with Crippen LogP contribution in [0, 0.1) is 13.8 Å². The van der Waals surface area contributed by atoms with E-state index in [-0.39, 0.29) is 12.0 Å². The van der Waals surface area contributed by atoms with Gasteiger partial charge in [-0.25, -0.2) is 4.98 Å². The van der Waals surface area contributed by atoms with Crippen molar-refractivity contribution in [2.24, 2.45) is 0 Å². The normalized spacial score (nSPS) is 11.8. The third kappa shape index (κ3) is 2.47. The van der Waals surface area contributed by atoms with Gasteiger partial charge in [0.1, 0.15) is 5.01 Å². The Labute approximate surface area is 112 Å². The fraction of sp³-hybridized carbons (Fsp3) is 0.400. The number of hydrogen-bond acceptors (Lipinski definition) is 3. The Morgan fingerprint density at radius 2 is 2.00 bits per heavy atom. The fourth-order valence-corrected chi connectivity index (χ4v) is 2.81. The third-order valence-corrected chi connectivity index (χ3v) is 4.34. The summed E-state index contributed by atoms with van der Waals surface area (Å²) in [5.41, 5.74) is 4.43. The highest BCUT2D eigenvalue weighted by Gasteiger charge is 2.23. The molecule has 1 N–H and O–H groups in total. The summed E-state index contributed by atoms with van der Waals surface area (Å²) in [5.74, 6) is 0. The van der Waals surface area contributed by atoms with Crippen molar-refractivity contribution in [3.63, 3.8) is 0 Å². The molecule has 1 aromatic heterocycles. The van der Waals surface area contributed by atoms with Crippen molar-refractivity contribution in [2.75, 3.05) is 6.61 Å². The number of aromatic nitrogens is 1. The average Bonchev–Trinajstić information content (AvgIpc) is 2.79. The quantitative estimate of drug-likeness (QED) is 0.914. The average molecular weight is 261 g/mol. The van der Waals surface area contributed by atoms with E-state index in [2.05, 4.69) is 42.4 Å². The lowest BCUT2D eigenvalue weighted by atomic mass is 9.96. The molecule has 1 aromatic carbocycles. The zero-order chi connectivity index (χ0) is 13.3. The highest BCUT2D eigenvalue weighted by Crippen LogP contribution is 2.31. The lowest BCUT2D eigenvalue weighted by Gasteiger charge is -2.17. The van der Waals surface area contributed by atoms with Gasteiger partial charge in [0.15, 0.2) is 0 Å². The van der Waals surface area contributed by atoms with Gasteiger partial charge in [-0.2, -0.15) is 0 Å². The van der Waals surface area contributed by atoms with E-state index in [4.69, 9.17) is 0 Å². The molecule has 0 saturated carbocycles. The molecule has 1 heterocycles. The van der Waals surface area contributed by atoms with Crippen molar-refractivity contribution in [2.45, 2.75) is 33.1 Å². The first-order chi connectivity index (χ1) is 8.44. The molecule has 0 saturated heterocycles. The van der Waals surface area contributed by atoms with Crippen molar-refractivity contribution in [1.82, 2.24) is 4.98 Å². The van der Waals surface area contributed by atoms with Gasteiger partial charge in [0.25, 0.3) is 0 Å². The van der Waals surface area contributed by atoms with Gasteiger partial charge in [-0.1, -0.05) is 37.6 Å². The van der Waals surface area contributed by atoms with Crippen LogP contribution in [-0.4, -0.2) is 16.7 Å². The van der Waals surface area contributed by atoms with Gasteiger partial charge in [-0.3, -0.25) is 0 Å². The summed E-state index contributed by atoms with van der Waals surface area (Å²) in [6.45, 7) is 8.35. The molecule has 0 fully saturated rings. The minimum absolute atomic E-state index is 0.118. The van der Waals surface area contributed by atoms with Crippen LogP contribution in [0.3, 0.4) is 0 Å². The molecule has 0 aliphatic heterocycles. The van der Waals surface area contributed by atoms with E-state index in [1.54, 1.807) is 11.3 Å². The zero-order valence-electron chi connectivity index (χ0n) is 11.3. The topological polar surface area (TPSA) is 33.1 Å². The van der Waals surface area contributed by atoms with Gasteiger partial charge in [0.2, 0.25) is 0 Å². The van der Waals surface area contributed by atoms with E-state index in [0.29, 0.717) is 0 Å². The molecule has 96 valence electrons. The van der Waals surface area contributed by atoms with E-state index in [9.17, 15) is 5.11 Å². The Morgan fingerprint density at radius 3 is 2.61 bits per heavy atom. The second-order valence-electron chi connectivity index (χ2n) is 5.40. The van der Waals surface area contributed by atoms with Crippen molar-refractivity contribution in [3.8, 4) is 11.3 Å². The first-order valence-electron chi connectivity index (χ1n) is 6.08. The van der Waals surface area contributed by atoms with Gasteiger partial charge >= 0.3 is 0 Å². The predicted molar refractivity (Wildman–Crippen MR) is 77.1 cm³/mol. The Morgan fingerprint density at radius 1 is 1.28 bits per heavy atom. The number of benzene rings is 1. The standard InChI is InChI=1S/C15H19NOS/c1-10-5-6-12(11(2)7-10)13-8-18-14(16-13)15(3,4)9-17/h5-8,17H,9H2,1-4H3. The first kappa shape index (κ1) is 13.2. The zero-order valence-corrected chi connectivity index (χ0v) is 12.1. The smallest absolute Gasteiger partial charge is 0.101 e. The number of thiazole rings is 1. The van der Waals surface area contributed by atoms with Gasteiger partial charge < -0.3 is 5.11 Å². The van der Waals surface area contributed by atoms with E-state index in [0.717, 1.165) is 10.7 Å². The van der Waals surface area contributed by atoms with Crippen molar-refractivity contribution in [1.29, 1.82) is 0 Å². The molecule has 0 aliphatic rings. The highest BCUT2D eigenvalue weighted by atomic mass is 32.1. The van der Waals surface area contributed by atoms with Crippen LogP contribution >= 0.6 is 11.3 Å². The molecule has 0 radical (unpaired) electrons. The Hall–Kier alpha value is -1.19. The second kappa shape index (κ2) is 4.82. The lowest BCUT2D eigenvalue weighted by molar-refractivity contribution is 0.218. The van der Waals surface area contributed by atoms with Gasteiger partial charge in [0.05, 0.1) is 12.3 Å². The molecular weight excluding hydrogens is 242 g/mol. The Balaban J connectivity index is 2.41. The van der Waals surface area contributed by atoms with E-state index in [1.807, 2.05) is 13.8 Å². The molecule has 0 bridgehead atoms. The summed E-state index contributed by atoms with van der Waals surface area (Å²) in [6, 6.07) is 6.40. The highest BCUT2D eigenvalue weighted by molar-refractivity contribution is 7.10. The number of aliphatic hydroxyl groups is 1. The number of aryl methyl sites for hydroxylation is 2. The Kier molecular flexibility index (Phi) is 3.55. The van der Waals surface area contributed by atoms with Crippen molar-refractivity contribution < 1.29 is 5.11 Å². The maximum absolute atomic E-state index is 9.38. The monoisotopic (exact) mass is 261 g/mol. The molecule has 18 heavy (non-hydrogen) atoms. The van der Waals surface area contributed by atoms with Crippen LogP contribution in [0.2, 0.25) is 0 Å². The summed E-state index contributed by atoms with van der Waals surface area (Å²) in [6.07, 6.45) is 0. The summed E-state index contributed by atoms with van der Waals surface area (Å²) in [5, 5.41) is 12.4. The molecule has 3 heteroatoms. The molecule has 0 spiro atoms. The van der Waals surface area contributed by atoms with E-state index < -0.39 is 0 Å². The van der Waals surface area contributed by atoms with Crippen molar-refractivity contribution >= 4 is 11.3 Å². The van der Waals surface area contributed by atoms with Crippen LogP contribution in [0.25, 0.3) is 11.3 Å². The largest absolute Gasteiger partial charge is 0.395 e. The van der Waals surface area contributed by atoms with Gasteiger partial charge in [-0.05, 0) is 19.4 Å². The predicted octanol–water partition coefficient (Wildman–Crippen LogP) is 3.70. The van der Waals surface area contributed by atoms with E-state index >= 15 is 0 Å². The Bertz CT molecular complexity index is 557. The molecule has 2 rings (SSSR count). The molecular formula is C15H19NOS. The molecule has 2 nitrogen and oxygen atoms in total. The maximum atomic E-state index is 9.38. The summed E-state index contributed by atoms with van der Waals surface area (Å²) < 4.78 is 0. The lowest BCUT2D eigenvalue weighted by Crippen LogP contribution is -2.21. The summed E-state index contributed by atoms with van der Waals surface area (Å²) in [4.78, 5) is 4.67. The van der Waals surface area contributed by atoms with Crippen LogP contribution in [0.5, 0.6) is 0 Å². The maximum Gasteiger partial charge on any atom is 0.101 e. The summed E-state index contributed by atoms with van der Waals surface area (Å²) in [7, 11) is 0. The van der Waals surface area contributed by atoms with Crippen LogP contribution in [0.15, 0.2) is 23.6 Å². The fourth-order valence-electron chi connectivity index (χ4n) is 1.88. The summed E-state index contributed by atoms with van der Waals surface area (Å²) >= 11 is 1.62. The third-order valence-electron chi connectivity index (χ3n) is 3.14. The van der Waals surface area contributed by atoms with Crippen LogP contribution in [0.1, 0.15) is 30.0 Å². The van der Waals surface area contributed by atoms with Crippen LogP contribution in [-0.2, 0) is 5.41 Å². The minimum atomic E-state index is -0.262. The van der Waals surface area contributed by atoms with Gasteiger partial charge in [0, 0.05) is 16.4 Å². The number of nitrogens with zero attached hydrogens (tertiary/aromatic N) is 1. The SMILES string of the molecule is Cc1ccc(-c2csc(C(C)(C)CO)n2)c(C)c1. The van der Waals surface area contributed by atoms with Crippen LogP contribution in [0.4, 0.5) is 0 Å². The molecule has 0 atom stereocenters. The molecule has 0 amide bonds. The molecule has 2 aromatic rings. The number of hydrogen-bond donors (Lipinski definition) is 1. The molecule has 0 unspecified atom stereocenters. The van der Waals surface area contributed by atoms with Crippen LogP contribution < -0.4 is 0 Å². The minimum Gasteiger partial charge on any atom is -0.395 e. The number of aliphatic hydroxyl groups excluding tert-OH is 1. The van der Waals surface area contributed by atoms with Gasteiger partial charge in [-0.15, -0.1) is 11.3 Å². The molecule has 0 aliphatic carbocycles.